The van der Waals surface area contributed by atoms with Gasteiger partial charge in [0.15, 0.2) is 11.5 Å². The topological polar surface area (TPSA) is 128 Å². The average molecular weight is 558 g/mol. The quantitative estimate of drug-likeness (QED) is 0.215. The second-order valence-corrected chi connectivity index (χ2v) is 9.26. The number of hydrogen-bond acceptors (Lipinski definition) is 7. The van der Waals surface area contributed by atoms with Crippen LogP contribution in [0.4, 0.5) is 10.5 Å². The number of carbonyl (C=O) groups excluding carboxylic acids is 3. The van der Waals surface area contributed by atoms with Gasteiger partial charge in [-0.05, 0) is 77.2 Å². The van der Waals surface area contributed by atoms with Crippen LogP contribution in [0.2, 0.25) is 0 Å². The molecular weight excluding hydrogens is 534 g/mol. The Labute approximate surface area is 215 Å². The number of non-ortho nitro benzene ring substituents is 1. The number of benzene rings is 2. The van der Waals surface area contributed by atoms with E-state index in [9.17, 15) is 24.5 Å². The molecule has 36 heavy (non-hydrogen) atoms. The number of amides is 4. The van der Waals surface area contributed by atoms with E-state index in [0.29, 0.717) is 28.1 Å². The molecule has 188 valence electrons. The molecule has 1 saturated carbocycles. The first-order valence-corrected chi connectivity index (χ1v) is 12.3. The van der Waals surface area contributed by atoms with Crippen molar-refractivity contribution in [3.8, 4) is 11.5 Å². The van der Waals surface area contributed by atoms with Crippen LogP contribution in [0.15, 0.2) is 46.4 Å². The third-order valence-corrected chi connectivity index (χ3v) is 6.59. The molecule has 4 amide bonds. The van der Waals surface area contributed by atoms with Gasteiger partial charge in [0.05, 0.1) is 16.0 Å². The number of carbonyl (C=O) groups is 3. The van der Waals surface area contributed by atoms with E-state index in [0.717, 1.165) is 36.1 Å². The zero-order chi connectivity index (χ0) is 25.8. The van der Waals surface area contributed by atoms with Crippen LogP contribution in [-0.2, 0) is 16.2 Å². The van der Waals surface area contributed by atoms with E-state index in [1.807, 2.05) is 6.92 Å². The standard InChI is InChI=1S/C25H24BrN3O7/c1-2-35-21-13-16(11-19-23(30)27-25(32)28(24(19)31)17-5-3-4-6-17)12-20(26)22(21)36-14-15-7-9-18(10-8-15)29(33)34/h7-13,17H,2-6,14H2,1H3,(H,27,30,32)/b19-11+. The molecule has 2 aliphatic rings. The van der Waals surface area contributed by atoms with Gasteiger partial charge >= 0.3 is 6.03 Å². The predicted molar refractivity (Wildman–Crippen MR) is 133 cm³/mol. The van der Waals surface area contributed by atoms with Crippen LogP contribution in [0.25, 0.3) is 6.08 Å². The smallest absolute Gasteiger partial charge is 0.331 e. The summed E-state index contributed by atoms with van der Waals surface area (Å²) in [6.07, 6.45) is 4.74. The van der Waals surface area contributed by atoms with Gasteiger partial charge in [0, 0.05) is 18.2 Å². The molecule has 0 spiro atoms. The number of halogens is 1. The highest BCUT2D eigenvalue weighted by Gasteiger charge is 2.40. The molecule has 1 aliphatic heterocycles. The third kappa shape index (κ3) is 5.40. The molecule has 0 bridgehead atoms. The van der Waals surface area contributed by atoms with Gasteiger partial charge in [0.25, 0.3) is 17.5 Å². The zero-order valence-corrected chi connectivity index (χ0v) is 21.1. The third-order valence-electron chi connectivity index (χ3n) is 6.00. The molecular formula is C25H24BrN3O7. The molecule has 1 saturated heterocycles. The number of ether oxygens (including phenoxy) is 2. The molecule has 2 aromatic carbocycles. The van der Waals surface area contributed by atoms with E-state index in [-0.39, 0.29) is 23.9 Å². The van der Waals surface area contributed by atoms with Crippen LogP contribution in [0.3, 0.4) is 0 Å². The summed E-state index contributed by atoms with van der Waals surface area (Å²) in [5.41, 5.74) is 1.09. The van der Waals surface area contributed by atoms with Crippen molar-refractivity contribution in [2.75, 3.05) is 6.61 Å². The maximum Gasteiger partial charge on any atom is 0.331 e. The number of rotatable bonds is 8. The van der Waals surface area contributed by atoms with E-state index in [1.165, 1.54) is 18.2 Å². The second kappa shape index (κ2) is 10.9. The number of nitro benzene ring substituents is 1. The normalized spacial score (nSPS) is 17.4. The second-order valence-electron chi connectivity index (χ2n) is 8.41. The summed E-state index contributed by atoms with van der Waals surface area (Å²) in [5.74, 6) is -0.567. The van der Waals surface area contributed by atoms with E-state index in [4.69, 9.17) is 9.47 Å². The van der Waals surface area contributed by atoms with Crippen LogP contribution >= 0.6 is 15.9 Å². The van der Waals surface area contributed by atoms with Gasteiger partial charge in [-0.1, -0.05) is 12.8 Å². The molecule has 1 aliphatic carbocycles. The lowest BCUT2D eigenvalue weighted by molar-refractivity contribution is -0.384. The molecule has 11 heteroatoms. The fraction of sp³-hybridized carbons (Fsp3) is 0.320. The van der Waals surface area contributed by atoms with Crippen LogP contribution in [-0.4, -0.2) is 40.3 Å². The molecule has 0 radical (unpaired) electrons. The lowest BCUT2D eigenvalue weighted by Gasteiger charge is -2.31. The Morgan fingerprint density at radius 3 is 2.47 bits per heavy atom. The van der Waals surface area contributed by atoms with E-state index < -0.39 is 22.8 Å². The van der Waals surface area contributed by atoms with Crippen molar-refractivity contribution >= 4 is 45.5 Å². The monoisotopic (exact) mass is 557 g/mol. The minimum Gasteiger partial charge on any atom is -0.490 e. The van der Waals surface area contributed by atoms with Gasteiger partial charge in [-0.25, -0.2) is 4.79 Å². The van der Waals surface area contributed by atoms with Crippen molar-refractivity contribution < 1.29 is 28.8 Å². The molecule has 2 fully saturated rings. The average Bonchev–Trinajstić information content (AvgIpc) is 3.36. The van der Waals surface area contributed by atoms with Crippen molar-refractivity contribution in [1.29, 1.82) is 0 Å². The summed E-state index contributed by atoms with van der Waals surface area (Å²) in [7, 11) is 0. The van der Waals surface area contributed by atoms with Gasteiger partial charge in [-0.2, -0.15) is 0 Å². The number of urea groups is 1. The lowest BCUT2D eigenvalue weighted by atomic mass is 10.0. The maximum atomic E-state index is 13.1. The summed E-state index contributed by atoms with van der Waals surface area (Å²) in [4.78, 5) is 49.5. The van der Waals surface area contributed by atoms with Crippen molar-refractivity contribution in [1.82, 2.24) is 10.2 Å². The minimum absolute atomic E-state index is 0.0122. The number of imide groups is 2. The van der Waals surface area contributed by atoms with Crippen molar-refractivity contribution in [3.05, 3.63) is 67.7 Å². The highest BCUT2D eigenvalue weighted by Crippen LogP contribution is 2.38. The predicted octanol–water partition coefficient (Wildman–Crippen LogP) is 4.74. The molecule has 0 unspecified atom stereocenters. The highest BCUT2D eigenvalue weighted by atomic mass is 79.9. The molecule has 2 aromatic rings. The van der Waals surface area contributed by atoms with Gasteiger partial charge in [-0.15, -0.1) is 0 Å². The maximum absolute atomic E-state index is 13.1. The Hall–Kier alpha value is -3.73. The largest absolute Gasteiger partial charge is 0.490 e. The number of nitro groups is 1. The number of hydrogen-bond donors (Lipinski definition) is 1. The minimum atomic E-state index is -0.744. The molecule has 1 N–H and O–H groups in total. The Morgan fingerprint density at radius 2 is 1.83 bits per heavy atom. The number of nitrogens with one attached hydrogen (secondary N) is 1. The molecule has 0 aromatic heterocycles. The van der Waals surface area contributed by atoms with Crippen molar-refractivity contribution in [3.63, 3.8) is 0 Å². The Kier molecular flexibility index (Phi) is 7.68. The summed E-state index contributed by atoms with van der Waals surface area (Å²) < 4.78 is 12.2. The summed E-state index contributed by atoms with van der Waals surface area (Å²) >= 11 is 3.47. The Bertz CT molecular complexity index is 1240. The van der Waals surface area contributed by atoms with Gasteiger partial charge < -0.3 is 9.47 Å². The Balaban J connectivity index is 1.59. The van der Waals surface area contributed by atoms with Crippen molar-refractivity contribution in [2.45, 2.75) is 45.3 Å². The zero-order valence-electron chi connectivity index (χ0n) is 19.5. The first-order valence-electron chi connectivity index (χ1n) is 11.5. The Morgan fingerprint density at radius 1 is 1.14 bits per heavy atom. The van der Waals surface area contributed by atoms with Gasteiger partial charge in [0.2, 0.25) is 0 Å². The van der Waals surface area contributed by atoms with E-state index >= 15 is 0 Å². The molecule has 4 rings (SSSR count). The lowest BCUT2D eigenvalue weighted by Crippen LogP contribution is -2.57. The van der Waals surface area contributed by atoms with E-state index in [2.05, 4.69) is 21.2 Å². The fourth-order valence-electron chi connectivity index (χ4n) is 4.28. The SMILES string of the molecule is CCOc1cc(/C=C2\C(=O)NC(=O)N(C3CCCC3)C2=O)cc(Br)c1OCc1ccc([N+](=O)[O-])cc1. The number of barbiturate groups is 1. The van der Waals surface area contributed by atoms with Crippen molar-refractivity contribution in [2.24, 2.45) is 0 Å². The molecule has 1 heterocycles. The summed E-state index contributed by atoms with van der Waals surface area (Å²) in [6, 6.07) is 8.44. The molecule has 10 nitrogen and oxygen atoms in total. The van der Waals surface area contributed by atoms with Gasteiger partial charge in [-0.3, -0.25) is 29.9 Å². The fourth-order valence-corrected chi connectivity index (χ4v) is 4.85. The summed E-state index contributed by atoms with van der Waals surface area (Å²) in [5, 5.41) is 13.1. The van der Waals surface area contributed by atoms with Crippen LogP contribution in [0.5, 0.6) is 11.5 Å². The van der Waals surface area contributed by atoms with Crippen LogP contribution < -0.4 is 14.8 Å². The van der Waals surface area contributed by atoms with Gasteiger partial charge in [0.1, 0.15) is 12.2 Å². The van der Waals surface area contributed by atoms with E-state index in [1.54, 1.807) is 24.3 Å². The number of nitrogens with zero attached hydrogens (tertiary/aromatic N) is 2. The first-order chi connectivity index (χ1) is 17.3. The molecule has 0 atom stereocenters. The van der Waals surface area contributed by atoms with Crippen LogP contribution in [0.1, 0.15) is 43.7 Å². The first kappa shape index (κ1) is 25.4. The highest BCUT2D eigenvalue weighted by molar-refractivity contribution is 9.10. The van der Waals surface area contributed by atoms with Crippen LogP contribution in [0, 0.1) is 10.1 Å². The summed E-state index contributed by atoms with van der Waals surface area (Å²) in [6.45, 7) is 2.28.